The molecule has 0 saturated carbocycles. The molecular formula is C17H18F4N4O. The smallest absolute Gasteiger partial charge is 0.368 e. The van der Waals surface area contributed by atoms with Crippen molar-refractivity contribution < 1.29 is 22.4 Å². The van der Waals surface area contributed by atoms with Crippen molar-refractivity contribution in [3.63, 3.8) is 0 Å². The zero-order valence-corrected chi connectivity index (χ0v) is 13.7. The lowest BCUT2D eigenvalue weighted by Crippen LogP contribution is -2.39. The van der Waals surface area contributed by atoms with Gasteiger partial charge in [-0.25, -0.2) is 14.2 Å². The highest BCUT2D eigenvalue weighted by atomic mass is 19.4. The maximum absolute atomic E-state index is 12.8. The Bertz CT molecular complexity index is 719. The number of carbonyl (C=O) groups is 1. The van der Waals surface area contributed by atoms with Crippen molar-refractivity contribution in [1.29, 1.82) is 0 Å². The highest BCUT2D eigenvalue weighted by Crippen LogP contribution is 2.33. The van der Waals surface area contributed by atoms with E-state index in [0.717, 1.165) is 11.6 Å². The van der Waals surface area contributed by atoms with Crippen LogP contribution in [0.25, 0.3) is 0 Å². The minimum absolute atomic E-state index is 0.0888. The van der Waals surface area contributed by atoms with E-state index in [4.69, 9.17) is 0 Å². The number of nitrogens with zero attached hydrogens (tertiary/aromatic N) is 1. The molecule has 1 heterocycles. The summed E-state index contributed by atoms with van der Waals surface area (Å²) in [6.07, 6.45) is -2.70. The average Bonchev–Trinajstić information content (AvgIpc) is 2.60. The molecule has 0 radical (unpaired) electrons. The first-order valence-corrected chi connectivity index (χ1v) is 7.88. The van der Waals surface area contributed by atoms with E-state index in [-0.39, 0.29) is 24.7 Å². The number of pyridine rings is 1. The number of aromatic nitrogens is 1. The summed E-state index contributed by atoms with van der Waals surface area (Å²) in [4.78, 5) is 15.3. The Balaban J connectivity index is 1.67. The van der Waals surface area contributed by atoms with Gasteiger partial charge in [0.05, 0.1) is 5.56 Å². The van der Waals surface area contributed by atoms with Crippen molar-refractivity contribution >= 4 is 11.8 Å². The van der Waals surface area contributed by atoms with Crippen LogP contribution >= 0.6 is 0 Å². The van der Waals surface area contributed by atoms with E-state index in [1.54, 1.807) is 12.1 Å². The molecule has 0 atom stereocenters. The van der Waals surface area contributed by atoms with Crippen LogP contribution in [0, 0.1) is 5.82 Å². The van der Waals surface area contributed by atoms with Crippen LogP contribution in [0.2, 0.25) is 0 Å². The van der Waals surface area contributed by atoms with Gasteiger partial charge >= 0.3 is 12.2 Å². The molecule has 0 spiro atoms. The van der Waals surface area contributed by atoms with Crippen LogP contribution in [0.15, 0.2) is 42.6 Å². The van der Waals surface area contributed by atoms with Crippen molar-refractivity contribution in [2.24, 2.45) is 0 Å². The second-order valence-electron chi connectivity index (χ2n) is 5.38. The molecule has 2 amide bonds. The Hall–Kier alpha value is -2.84. The molecule has 0 unspecified atom stereocenters. The average molecular weight is 370 g/mol. The Morgan fingerprint density at radius 3 is 2.38 bits per heavy atom. The maximum Gasteiger partial charge on any atom is 0.419 e. The fourth-order valence-electron chi connectivity index (χ4n) is 2.17. The number of halogens is 4. The fourth-order valence-corrected chi connectivity index (χ4v) is 2.17. The van der Waals surface area contributed by atoms with Crippen molar-refractivity contribution in [3.05, 3.63) is 59.5 Å². The molecule has 0 aliphatic heterocycles. The Kier molecular flexibility index (Phi) is 6.76. The number of hydrogen-bond donors (Lipinski definition) is 3. The van der Waals surface area contributed by atoms with Gasteiger partial charge in [-0.15, -0.1) is 0 Å². The van der Waals surface area contributed by atoms with Gasteiger partial charge in [-0.05, 0) is 36.2 Å². The summed E-state index contributed by atoms with van der Waals surface area (Å²) in [5.74, 6) is -0.605. The maximum atomic E-state index is 12.8. The van der Waals surface area contributed by atoms with Gasteiger partial charge in [-0.3, -0.25) is 0 Å². The van der Waals surface area contributed by atoms with Crippen LogP contribution in [0.5, 0.6) is 0 Å². The number of rotatable bonds is 7. The van der Waals surface area contributed by atoms with E-state index in [0.29, 0.717) is 13.0 Å². The summed E-state index contributed by atoms with van der Waals surface area (Å²) in [7, 11) is 0. The lowest BCUT2D eigenvalue weighted by molar-refractivity contribution is -0.137. The number of amides is 2. The van der Waals surface area contributed by atoms with Gasteiger partial charge in [0, 0.05) is 25.8 Å². The number of carbonyl (C=O) groups excluding carboxylic acids is 1. The van der Waals surface area contributed by atoms with E-state index < -0.39 is 17.8 Å². The molecule has 26 heavy (non-hydrogen) atoms. The first-order valence-electron chi connectivity index (χ1n) is 7.88. The molecule has 140 valence electrons. The number of benzene rings is 1. The van der Waals surface area contributed by atoms with Crippen LogP contribution in [0.4, 0.5) is 28.2 Å². The van der Waals surface area contributed by atoms with Gasteiger partial charge in [0.1, 0.15) is 11.6 Å². The molecule has 5 nitrogen and oxygen atoms in total. The molecule has 1 aromatic heterocycles. The first kappa shape index (κ1) is 19.5. The lowest BCUT2D eigenvalue weighted by Gasteiger charge is -2.13. The van der Waals surface area contributed by atoms with Gasteiger partial charge in [0.25, 0.3) is 0 Å². The number of anilines is 1. The SMILES string of the molecule is O=C(NCCNc1ncccc1C(F)(F)F)NCCc1ccc(F)cc1. The Morgan fingerprint density at radius 1 is 1.00 bits per heavy atom. The van der Waals surface area contributed by atoms with Gasteiger partial charge in [-0.2, -0.15) is 13.2 Å². The zero-order chi connectivity index (χ0) is 19.0. The number of nitrogens with one attached hydrogen (secondary N) is 3. The standard InChI is InChI=1S/C17H18F4N4O/c18-13-5-3-12(4-6-13)7-9-24-16(26)25-11-10-23-15-14(17(19,20)21)2-1-8-22-15/h1-6,8H,7,9-11H2,(H,22,23)(H2,24,25,26). The lowest BCUT2D eigenvalue weighted by atomic mass is 10.1. The monoisotopic (exact) mass is 370 g/mol. The largest absolute Gasteiger partial charge is 0.419 e. The third kappa shape index (κ3) is 6.23. The predicted octanol–water partition coefficient (Wildman–Crippen LogP) is 3.19. The molecule has 9 heteroatoms. The van der Waals surface area contributed by atoms with Crippen molar-refractivity contribution in [2.45, 2.75) is 12.6 Å². The summed E-state index contributed by atoms with van der Waals surface area (Å²) in [5, 5.41) is 7.69. The number of alkyl halides is 3. The van der Waals surface area contributed by atoms with Gasteiger partial charge in [0.15, 0.2) is 0 Å². The summed E-state index contributed by atoms with van der Waals surface area (Å²) >= 11 is 0. The number of urea groups is 1. The van der Waals surface area contributed by atoms with E-state index in [1.807, 2.05) is 0 Å². The minimum atomic E-state index is -4.50. The minimum Gasteiger partial charge on any atom is -0.368 e. The van der Waals surface area contributed by atoms with Crippen LogP contribution in [-0.4, -0.2) is 30.6 Å². The summed E-state index contributed by atoms with van der Waals surface area (Å²) in [6, 6.07) is 7.65. The van der Waals surface area contributed by atoms with Gasteiger partial charge in [-0.1, -0.05) is 12.1 Å². The molecule has 0 aliphatic rings. The quantitative estimate of drug-likeness (QED) is 0.518. The fraction of sp³-hybridized carbons (Fsp3) is 0.294. The molecule has 2 aromatic rings. The highest BCUT2D eigenvalue weighted by Gasteiger charge is 2.33. The topological polar surface area (TPSA) is 66.0 Å². The van der Waals surface area contributed by atoms with E-state index in [1.165, 1.54) is 24.4 Å². The van der Waals surface area contributed by atoms with Crippen LogP contribution < -0.4 is 16.0 Å². The van der Waals surface area contributed by atoms with Crippen molar-refractivity contribution in [1.82, 2.24) is 15.6 Å². The summed E-state index contributed by atoms with van der Waals surface area (Å²) in [6.45, 7) is 0.561. The number of hydrogen-bond acceptors (Lipinski definition) is 3. The zero-order valence-electron chi connectivity index (χ0n) is 13.7. The molecule has 0 bridgehead atoms. The second kappa shape index (κ2) is 9.02. The first-order chi connectivity index (χ1) is 12.4. The van der Waals surface area contributed by atoms with E-state index in [2.05, 4.69) is 20.9 Å². The molecule has 0 aliphatic carbocycles. The predicted molar refractivity (Wildman–Crippen MR) is 89.2 cm³/mol. The van der Waals surface area contributed by atoms with Crippen LogP contribution in [0.3, 0.4) is 0 Å². The third-order valence-corrected chi connectivity index (χ3v) is 3.43. The highest BCUT2D eigenvalue weighted by molar-refractivity contribution is 5.73. The molecule has 0 fully saturated rings. The molecule has 3 N–H and O–H groups in total. The van der Waals surface area contributed by atoms with Crippen molar-refractivity contribution in [2.75, 3.05) is 25.0 Å². The van der Waals surface area contributed by atoms with Gasteiger partial charge in [0.2, 0.25) is 0 Å². The van der Waals surface area contributed by atoms with Gasteiger partial charge < -0.3 is 16.0 Å². The Morgan fingerprint density at radius 2 is 1.69 bits per heavy atom. The van der Waals surface area contributed by atoms with Crippen LogP contribution in [-0.2, 0) is 12.6 Å². The molecule has 0 saturated heterocycles. The third-order valence-electron chi connectivity index (χ3n) is 3.43. The van der Waals surface area contributed by atoms with E-state index in [9.17, 15) is 22.4 Å². The second-order valence-corrected chi connectivity index (χ2v) is 5.38. The molecule has 2 rings (SSSR count). The summed E-state index contributed by atoms with van der Waals surface area (Å²) < 4.78 is 51.2. The van der Waals surface area contributed by atoms with Crippen molar-refractivity contribution in [3.8, 4) is 0 Å². The van der Waals surface area contributed by atoms with E-state index >= 15 is 0 Å². The van der Waals surface area contributed by atoms with Crippen LogP contribution in [0.1, 0.15) is 11.1 Å². The molecular weight excluding hydrogens is 352 g/mol. The summed E-state index contributed by atoms with van der Waals surface area (Å²) in [5.41, 5.74) is 0.0203. The normalized spacial score (nSPS) is 11.1. The Labute approximate surface area is 147 Å². The molecule has 1 aromatic carbocycles.